The first-order chi connectivity index (χ1) is 12.0. The third kappa shape index (κ3) is 4.66. The van der Waals surface area contributed by atoms with Gasteiger partial charge in [0.05, 0.1) is 12.8 Å². The number of carbonyl (C=O) groups is 1. The number of likely N-dealkylation sites (tertiary alicyclic amines) is 1. The number of alkyl halides is 1. The number of furan rings is 1. The summed E-state index contributed by atoms with van der Waals surface area (Å²) in [6, 6.07) is 3.61. The van der Waals surface area contributed by atoms with Gasteiger partial charge in [-0.15, -0.1) is 0 Å². The van der Waals surface area contributed by atoms with Crippen LogP contribution in [0.4, 0.5) is 4.39 Å². The summed E-state index contributed by atoms with van der Waals surface area (Å²) in [4.78, 5) is 20.1. The van der Waals surface area contributed by atoms with E-state index in [-0.39, 0.29) is 11.9 Å². The van der Waals surface area contributed by atoms with Gasteiger partial charge in [-0.05, 0) is 18.6 Å². The SMILES string of the molecule is Cc1nc(CN2C[C@@H](F)C[C@H]2CN(C)C(=O)CCc2ccco2)no1. The van der Waals surface area contributed by atoms with Gasteiger partial charge in [0.2, 0.25) is 11.8 Å². The number of likely N-dealkylation sites (N-methyl/N-ethyl adjacent to an activating group) is 1. The van der Waals surface area contributed by atoms with Gasteiger partial charge in [0.1, 0.15) is 11.9 Å². The summed E-state index contributed by atoms with van der Waals surface area (Å²) in [5.74, 6) is 1.85. The van der Waals surface area contributed by atoms with E-state index in [0.29, 0.717) is 50.6 Å². The highest BCUT2D eigenvalue weighted by atomic mass is 19.1. The van der Waals surface area contributed by atoms with Crippen LogP contribution in [0.3, 0.4) is 0 Å². The molecule has 2 aromatic rings. The molecule has 136 valence electrons. The second-order valence-electron chi connectivity index (χ2n) is 6.50. The van der Waals surface area contributed by atoms with Gasteiger partial charge in [-0.2, -0.15) is 4.98 Å². The third-order valence-corrected chi connectivity index (χ3v) is 4.47. The molecule has 0 aromatic carbocycles. The van der Waals surface area contributed by atoms with E-state index in [4.69, 9.17) is 8.94 Å². The van der Waals surface area contributed by atoms with Gasteiger partial charge in [-0.25, -0.2) is 4.39 Å². The first kappa shape index (κ1) is 17.6. The van der Waals surface area contributed by atoms with Crippen LogP contribution in [0.1, 0.15) is 30.3 Å². The number of hydrogen-bond acceptors (Lipinski definition) is 6. The first-order valence-corrected chi connectivity index (χ1v) is 8.45. The van der Waals surface area contributed by atoms with Crippen LogP contribution in [0.5, 0.6) is 0 Å². The fourth-order valence-electron chi connectivity index (χ4n) is 3.19. The maximum atomic E-state index is 13.9. The van der Waals surface area contributed by atoms with Crippen molar-refractivity contribution in [2.45, 2.75) is 44.9 Å². The molecule has 2 aromatic heterocycles. The largest absolute Gasteiger partial charge is 0.469 e. The van der Waals surface area contributed by atoms with Gasteiger partial charge >= 0.3 is 0 Å². The summed E-state index contributed by atoms with van der Waals surface area (Å²) in [6.07, 6.45) is 2.05. The fourth-order valence-corrected chi connectivity index (χ4v) is 3.19. The van der Waals surface area contributed by atoms with E-state index in [2.05, 4.69) is 10.1 Å². The predicted molar refractivity (Wildman–Crippen MR) is 87.4 cm³/mol. The Hall–Kier alpha value is -2.22. The Morgan fingerprint density at radius 1 is 1.52 bits per heavy atom. The number of aromatic nitrogens is 2. The Kier molecular flexibility index (Phi) is 5.47. The van der Waals surface area contributed by atoms with Crippen LogP contribution in [0.25, 0.3) is 0 Å². The van der Waals surface area contributed by atoms with E-state index >= 15 is 0 Å². The summed E-state index contributed by atoms with van der Waals surface area (Å²) < 4.78 is 24.1. The lowest BCUT2D eigenvalue weighted by Gasteiger charge is -2.27. The highest BCUT2D eigenvalue weighted by molar-refractivity contribution is 5.76. The average molecular weight is 350 g/mol. The van der Waals surface area contributed by atoms with Crippen LogP contribution >= 0.6 is 0 Å². The molecule has 1 aliphatic rings. The van der Waals surface area contributed by atoms with Gasteiger partial charge < -0.3 is 13.8 Å². The summed E-state index contributed by atoms with van der Waals surface area (Å²) in [7, 11) is 1.76. The topological polar surface area (TPSA) is 75.6 Å². The smallest absolute Gasteiger partial charge is 0.223 e. The number of halogens is 1. The van der Waals surface area contributed by atoms with E-state index < -0.39 is 6.17 Å². The number of nitrogens with zero attached hydrogens (tertiary/aromatic N) is 4. The molecule has 0 radical (unpaired) electrons. The van der Waals surface area contributed by atoms with E-state index in [1.54, 1.807) is 31.2 Å². The molecule has 1 aliphatic heterocycles. The van der Waals surface area contributed by atoms with Crippen LogP contribution < -0.4 is 0 Å². The van der Waals surface area contributed by atoms with E-state index in [1.165, 1.54) is 0 Å². The van der Waals surface area contributed by atoms with Gasteiger partial charge in [-0.3, -0.25) is 9.69 Å². The zero-order chi connectivity index (χ0) is 17.8. The lowest BCUT2D eigenvalue weighted by molar-refractivity contribution is -0.130. The van der Waals surface area contributed by atoms with Crippen LogP contribution in [0, 0.1) is 6.92 Å². The van der Waals surface area contributed by atoms with Crippen molar-refractivity contribution < 1.29 is 18.1 Å². The highest BCUT2D eigenvalue weighted by Gasteiger charge is 2.34. The van der Waals surface area contributed by atoms with Gasteiger partial charge in [-0.1, -0.05) is 5.16 Å². The van der Waals surface area contributed by atoms with Gasteiger partial charge in [0.15, 0.2) is 5.82 Å². The maximum absolute atomic E-state index is 13.9. The van der Waals surface area contributed by atoms with Crippen LogP contribution in [0.2, 0.25) is 0 Å². The molecule has 3 heterocycles. The molecular weight excluding hydrogens is 327 g/mol. The molecule has 0 N–H and O–H groups in total. The molecule has 1 fully saturated rings. The number of hydrogen-bond donors (Lipinski definition) is 0. The summed E-state index contributed by atoms with van der Waals surface area (Å²) in [5, 5.41) is 3.87. The van der Waals surface area contributed by atoms with E-state index in [1.807, 2.05) is 11.0 Å². The fraction of sp³-hybridized carbons (Fsp3) is 0.588. The Bertz CT molecular complexity index is 688. The summed E-state index contributed by atoms with van der Waals surface area (Å²) in [6.45, 7) is 2.96. The Morgan fingerprint density at radius 2 is 2.36 bits per heavy atom. The summed E-state index contributed by atoms with van der Waals surface area (Å²) in [5.41, 5.74) is 0. The number of amides is 1. The van der Waals surface area contributed by atoms with Gasteiger partial charge in [0.25, 0.3) is 0 Å². The molecule has 0 aliphatic carbocycles. The molecule has 0 bridgehead atoms. The highest BCUT2D eigenvalue weighted by Crippen LogP contribution is 2.23. The monoisotopic (exact) mass is 350 g/mol. The van der Waals surface area contributed by atoms with E-state index in [0.717, 1.165) is 5.76 Å². The molecule has 8 heteroatoms. The van der Waals surface area contributed by atoms with Crippen molar-refractivity contribution in [2.24, 2.45) is 0 Å². The number of rotatable bonds is 7. The standard InChI is InChI=1S/C17H23FN4O3/c1-12-19-16(20-25-12)11-22-9-13(18)8-14(22)10-21(2)17(23)6-5-15-4-3-7-24-15/h3-4,7,13-14H,5-6,8-11H2,1-2H3/t13-,14-/m0/s1. The minimum absolute atomic E-state index is 0.0223. The molecule has 0 unspecified atom stereocenters. The van der Waals surface area contributed by atoms with Crippen molar-refractivity contribution in [3.05, 3.63) is 35.9 Å². The maximum Gasteiger partial charge on any atom is 0.223 e. The second-order valence-corrected chi connectivity index (χ2v) is 6.50. The molecule has 1 amide bonds. The zero-order valence-corrected chi connectivity index (χ0v) is 14.5. The van der Waals surface area contributed by atoms with Crippen molar-refractivity contribution in [2.75, 3.05) is 20.1 Å². The zero-order valence-electron chi connectivity index (χ0n) is 14.5. The van der Waals surface area contributed by atoms with Crippen molar-refractivity contribution in [1.82, 2.24) is 19.9 Å². The van der Waals surface area contributed by atoms with Crippen LogP contribution in [-0.2, 0) is 17.8 Å². The lowest BCUT2D eigenvalue weighted by atomic mass is 10.1. The molecule has 3 rings (SSSR count). The normalized spacial score (nSPS) is 20.9. The van der Waals surface area contributed by atoms with E-state index in [9.17, 15) is 9.18 Å². The second kappa shape index (κ2) is 7.77. The first-order valence-electron chi connectivity index (χ1n) is 8.45. The molecular formula is C17H23FN4O3. The van der Waals surface area contributed by atoms with Crippen molar-refractivity contribution in [3.63, 3.8) is 0 Å². The molecule has 0 saturated carbocycles. The summed E-state index contributed by atoms with van der Waals surface area (Å²) >= 11 is 0. The average Bonchev–Trinajstić information content (AvgIpc) is 3.29. The minimum atomic E-state index is -0.899. The molecule has 1 saturated heterocycles. The van der Waals surface area contributed by atoms with Gasteiger partial charge in [0, 0.05) is 45.9 Å². The molecule has 25 heavy (non-hydrogen) atoms. The predicted octanol–water partition coefficient (Wildman–Crippen LogP) is 1.97. The van der Waals surface area contributed by atoms with Crippen LogP contribution in [-0.4, -0.2) is 58.2 Å². The Morgan fingerprint density at radius 3 is 3.04 bits per heavy atom. The molecule has 7 nitrogen and oxygen atoms in total. The van der Waals surface area contributed by atoms with Crippen molar-refractivity contribution in [3.8, 4) is 0 Å². The Labute approximate surface area is 145 Å². The third-order valence-electron chi connectivity index (χ3n) is 4.47. The Balaban J connectivity index is 1.52. The van der Waals surface area contributed by atoms with Crippen molar-refractivity contribution in [1.29, 1.82) is 0 Å². The van der Waals surface area contributed by atoms with Crippen LogP contribution in [0.15, 0.2) is 27.3 Å². The quantitative estimate of drug-likeness (QED) is 0.760. The number of carbonyl (C=O) groups excluding carboxylic acids is 1. The lowest BCUT2D eigenvalue weighted by Crippen LogP contribution is -2.41. The molecule has 0 spiro atoms. The number of aryl methyl sites for hydroxylation is 2. The minimum Gasteiger partial charge on any atom is -0.469 e. The van der Waals surface area contributed by atoms with Crippen molar-refractivity contribution >= 4 is 5.91 Å². The molecule has 2 atom stereocenters.